The molecule has 3 aromatic rings. The van der Waals surface area contributed by atoms with Crippen molar-refractivity contribution in [3.05, 3.63) is 81.6 Å². The number of hydrogen-bond acceptors (Lipinski definition) is 4. The number of rotatable bonds is 5. The molecule has 1 fully saturated rings. The van der Waals surface area contributed by atoms with Gasteiger partial charge in [-0.15, -0.1) is 11.3 Å². The first-order valence-electron chi connectivity index (χ1n) is 10.4. The smallest absolute Gasteiger partial charge is 0.256 e. The Morgan fingerprint density at radius 3 is 2.65 bits per heavy atom. The van der Waals surface area contributed by atoms with Gasteiger partial charge in [0.25, 0.3) is 5.91 Å². The Morgan fingerprint density at radius 1 is 1.10 bits per heavy atom. The molecule has 1 atom stereocenters. The first-order chi connectivity index (χ1) is 15.0. The van der Waals surface area contributed by atoms with Crippen LogP contribution in [0.25, 0.3) is 10.4 Å². The van der Waals surface area contributed by atoms with Crippen LogP contribution in [0.4, 0.5) is 0 Å². The largest absolute Gasteiger partial charge is 0.339 e. The number of carbonyl (C=O) groups excluding carboxylic acids is 2. The Hall–Kier alpha value is -3.19. The van der Waals surface area contributed by atoms with E-state index in [0.29, 0.717) is 31.6 Å². The summed E-state index contributed by atoms with van der Waals surface area (Å²) in [6.07, 6.45) is 1.99. The fraction of sp³-hybridized carbons (Fsp3) is 0.292. The summed E-state index contributed by atoms with van der Waals surface area (Å²) in [5, 5.41) is 2.04. The van der Waals surface area contributed by atoms with Crippen molar-refractivity contribution in [3.63, 3.8) is 0 Å². The van der Waals surface area contributed by atoms with Crippen molar-refractivity contribution in [2.45, 2.75) is 19.4 Å². The van der Waals surface area contributed by atoms with E-state index in [9.17, 15) is 14.4 Å². The zero-order valence-corrected chi connectivity index (χ0v) is 18.5. The summed E-state index contributed by atoms with van der Waals surface area (Å²) in [5.74, 6) is -0.257. The van der Waals surface area contributed by atoms with E-state index in [1.54, 1.807) is 28.2 Å². The summed E-state index contributed by atoms with van der Waals surface area (Å²) in [6.45, 7) is 3.55. The van der Waals surface area contributed by atoms with E-state index in [4.69, 9.17) is 0 Å². The topological polar surface area (TPSA) is 62.6 Å². The van der Waals surface area contributed by atoms with Gasteiger partial charge in [0.2, 0.25) is 11.5 Å². The molecule has 0 spiro atoms. The van der Waals surface area contributed by atoms with Gasteiger partial charge in [-0.2, -0.15) is 0 Å². The van der Waals surface area contributed by atoms with E-state index >= 15 is 0 Å². The second kappa shape index (κ2) is 8.89. The van der Waals surface area contributed by atoms with Crippen LogP contribution in [-0.4, -0.2) is 51.9 Å². The summed E-state index contributed by atoms with van der Waals surface area (Å²) in [6, 6.07) is 14.6. The third kappa shape index (κ3) is 4.32. The molecule has 160 valence electrons. The number of pyridine rings is 1. The van der Waals surface area contributed by atoms with E-state index in [-0.39, 0.29) is 17.4 Å². The van der Waals surface area contributed by atoms with Crippen LogP contribution in [0.15, 0.2) is 64.9 Å². The van der Waals surface area contributed by atoms with Gasteiger partial charge < -0.3 is 14.4 Å². The van der Waals surface area contributed by atoms with E-state index in [1.807, 2.05) is 30.5 Å². The number of likely N-dealkylation sites (N-methyl/N-ethyl adjacent to an activating group) is 1. The van der Waals surface area contributed by atoms with E-state index < -0.39 is 6.04 Å². The molecule has 0 aliphatic carbocycles. The lowest BCUT2D eigenvalue weighted by atomic mass is 9.98. The van der Waals surface area contributed by atoms with Crippen molar-refractivity contribution in [1.29, 1.82) is 0 Å². The van der Waals surface area contributed by atoms with Crippen molar-refractivity contribution < 1.29 is 9.59 Å². The quantitative estimate of drug-likeness (QED) is 0.619. The van der Waals surface area contributed by atoms with Gasteiger partial charge in [-0.1, -0.05) is 30.3 Å². The fourth-order valence-electron chi connectivity index (χ4n) is 4.00. The van der Waals surface area contributed by atoms with Gasteiger partial charge in [0.1, 0.15) is 6.04 Å². The first kappa shape index (κ1) is 21.1. The summed E-state index contributed by atoms with van der Waals surface area (Å²) in [4.78, 5) is 42.9. The predicted octanol–water partition coefficient (Wildman–Crippen LogP) is 3.03. The zero-order valence-electron chi connectivity index (χ0n) is 17.7. The molecule has 1 aromatic carbocycles. The highest BCUT2D eigenvalue weighted by Gasteiger charge is 2.37. The normalized spacial score (nSPS) is 16.6. The molecule has 1 aliphatic rings. The zero-order chi connectivity index (χ0) is 22.0. The number of benzene rings is 1. The van der Waals surface area contributed by atoms with Crippen LogP contribution in [0.5, 0.6) is 0 Å². The summed E-state index contributed by atoms with van der Waals surface area (Å²) in [7, 11) is 1.62. The maximum absolute atomic E-state index is 13.3. The number of aryl methyl sites for hydroxylation is 1. The van der Waals surface area contributed by atoms with Crippen LogP contribution < -0.4 is 5.56 Å². The molecule has 1 saturated heterocycles. The number of piperazine rings is 1. The van der Waals surface area contributed by atoms with Crippen LogP contribution >= 0.6 is 11.3 Å². The number of aromatic nitrogens is 1. The third-order valence-electron chi connectivity index (χ3n) is 5.72. The molecular formula is C24H25N3O3S. The molecule has 0 saturated carbocycles. The molecular weight excluding hydrogens is 410 g/mol. The molecule has 6 nitrogen and oxygen atoms in total. The molecule has 3 heterocycles. The maximum atomic E-state index is 13.3. The van der Waals surface area contributed by atoms with Crippen LogP contribution in [0.3, 0.4) is 0 Å². The van der Waals surface area contributed by atoms with Crippen LogP contribution in [0.1, 0.15) is 22.8 Å². The highest BCUT2D eigenvalue weighted by Crippen LogP contribution is 2.27. The maximum Gasteiger partial charge on any atom is 0.256 e. The minimum absolute atomic E-state index is 0.0338. The van der Waals surface area contributed by atoms with E-state index in [1.165, 1.54) is 27.8 Å². The number of thiophene rings is 1. The minimum Gasteiger partial charge on any atom is -0.339 e. The Morgan fingerprint density at radius 2 is 1.94 bits per heavy atom. The Balaban J connectivity index is 1.65. The molecule has 4 rings (SSSR count). The average Bonchev–Trinajstić information content (AvgIpc) is 3.32. The number of carbonyl (C=O) groups is 2. The molecule has 2 amide bonds. The van der Waals surface area contributed by atoms with Gasteiger partial charge >= 0.3 is 0 Å². The van der Waals surface area contributed by atoms with Crippen LogP contribution in [-0.2, 0) is 18.3 Å². The summed E-state index contributed by atoms with van der Waals surface area (Å²) >= 11 is 1.67. The Kier molecular flexibility index (Phi) is 6.04. The predicted molar refractivity (Wildman–Crippen MR) is 122 cm³/mol. The fourth-order valence-corrected chi connectivity index (χ4v) is 4.72. The lowest BCUT2D eigenvalue weighted by Gasteiger charge is -2.40. The summed E-state index contributed by atoms with van der Waals surface area (Å²) < 4.78 is 1.39. The number of amides is 2. The Labute approximate surface area is 185 Å². The van der Waals surface area contributed by atoms with Crippen molar-refractivity contribution in [2.75, 3.05) is 19.6 Å². The number of nitrogens with zero attached hydrogens (tertiary/aromatic N) is 3. The molecule has 0 N–H and O–H groups in total. The van der Waals surface area contributed by atoms with Gasteiger partial charge in [-0.25, -0.2) is 0 Å². The summed E-state index contributed by atoms with van der Waals surface area (Å²) in [5.41, 5.74) is 2.36. The van der Waals surface area contributed by atoms with Crippen LogP contribution in [0.2, 0.25) is 0 Å². The van der Waals surface area contributed by atoms with Crippen molar-refractivity contribution >= 4 is 23.2 Å². The molecule has 7 heteroatoms. The van der Waals surface area contributed by atoms with Crippen molar-refractivity contribution in [3.8, 4) is 10.4 Å². The van der Waals surface area contributed by atoms with Crippen LogP contribution in [0, 0.1) is 0 Å². The molecule has 0 bridgehead atoms. The lowest BCUT2D eigenvalue weighted by molar-refractivity contribution is -0.139. The first-order valence-corrected chi connectivity index (χ1v) is 11.2. The monoisotopic (exact) mass is 435 g/mol. The highest BCUT2D eigenvalue weighted by molar-refractivity contribution is 7.13. The van der Waals surface area contributed by atoms with Gasteiger partial charge in [0.15, 0.2) is 0 Å². The standard InChI is InChI=1S/C24H25N3O3S/c1-3-26-11-12-27(23(29)19-9-10-22(28)25(2)16-19)20(24(26)30)15-17-6-4-7-18(14-17)21-8-5-13-31-21/h4-10,13-14,16,20H,3,11-12,15H2,1-2H3/t20-/m1/s1. The third-order valence-corrected chi connectivity index (χ3v) is 6.64. The minimum atomic E-state index is -0.572. The van der Waals surface area contributed by atoms with Gasteiger partial charge in [-0.05, 0) is 35.6 Å². The van der Waals surface area contributed by atoms with Gasteiger partial charge in [0, 0.05) is 50.2 Å². The molecule has 2 aromatic heterocycles. The molecule has 1 aliphatic heterocycles. The Bertz CT molecular complexity index is 1150. The highest BCUT2D eigenvalue weighted by atomic mass is 32.1. The number of hydrogen-bond donors (Lipinski definition) is 0. The van der Waals surface area contributed by atoms with E-state index in [2.05, 4.69) is 18.2 Å². The van der Waals surface area contributed by atoms with Crippen molar-refractivity contribution in [1.82, 2.24) is 14.4 Å². The molecule has 0 radical (unpaired) electrons. The van der Waals surface area contributed by atoms with Crippen molar-refractivity contribution in [2.24, 2.45) is 7.05 Å². The second-order valence-electron chi connectivity index (χ2n) is 7.68. The SMILES string of the molecule is CCN1CCN(C(=O)c2ccc(=O)n(C)c2)[C@H](Cc2cccc(-c3cccs3)c2)C1=O. The lowest BCUT2D eigenvalue weighted by Crippen LogP contribution is -2.59. The molecule has 0 unspecified atom stereocenters. The average molecular weight is 436 g/mol. The van der Waals surface area contributed by atoms with Gasteiger partial charge in [-0.3, -0.25) is 14.4 Å². The second-order valence-corrected chi connectivity index (χ2v) is 8.63. The van der Waals surface area contributed by atoms with Gasteiger partial charge in [0.05, 0.1) is 5.56 Å². The van der Waals surface area contributed by atoms with E-state index in [0.717, 1.165) is 11.1 Å². The molecule has 31 heavy (non-hydrogen) atoms.